The minimum atomic E-state index is 0.0368. The van der Waals surface area contributed by atoms with Crippen molar-refractivity contribution < 1.29 is 9.84 Å². The first kappa shape index (κ1) is 12.5. The number of anilines is 1. The molecule has 0 aliphatic carbocycles. The summed E-state index contributed by atoms with van der Waals surface area (Å²) in [6.07, 6.45) is 0. The zero-order valence-electron chi connectivity index (χ0n) is 10.4. The van der Waals surface area contributed by atoms with E-state index in [4.69, 9.17) is 4.74 Å². The lowest BCUT2D eigenvalue weighted by Crippen LogP contribution is -2.03. The summed E-state index contributed by atoms with van der Waals surface area (Å²) >= 11 is 0. The van der Waals surface area contributed by atoms with Crippen molar-refractivity contribution in [3.8, 4) is 5.75 Å². The van der Waals surface area contributed by atoms with E-state index in [1.807, 2.05) is 48.5 Å². The van der Waals surface area contributed by atoms with E-state index in [0.717, 1.165) is 22.6 Å². The maximum Gasteiger partial charge on any atom is 0.123 e. The standard InChI is InChI=1S/C15H17NO2/c1-18-15-9-5-3-6-12(15)10-16-14-8-4-2-7-13(14)11-17/h2-9,16-17H,10-11H2,1H3. The summed E-state index contributed by atoms with van der Waals surface area (Å²) in [5.74, 6) is 0.867. The van der Waals surface area contributed by atoms with Crippen molar-refractivity contribution in [2.24, 2.45) is 0 Å². The summed E-state index contributed by atoms with van der Waals surface area (Å²) in [7, 11) is 1.67. The van der Waals surface area contributed by atoms with Crippen molar-refractivity contribution >= 4 is 5.69 Å². The SMILES string of the molecule is COc1ccccc1CNc1ccccc1CO. The molecule has 0 saturated heterocycles. The molecule has 2 N–H and O–H groups in total. The van der Waals surface area contributed by atoms with Crippen LogP contribution in [0.2, 0.25) is 0 Å². The number of aliphatic hydroxyl groups excluding tert-OH is 1. The molecule has 0 spiro atoms. The van der Waals surface area contributed by atoms with Crippen molar-refractivity contribution in [3.05, 3.63) is 59.7 Å². The predicted molar refractivity (Wildman–Crippen MR) is 72.7 cm³/mol. The summed E-state index contributed by atoms with van der Waals surface area (Å²) in [6.45, 7) is 0.704. The highest BCUT2D eigenvalue weighted by Gasteiger charge is 2.03. The quantitative estimate of drug-likeness (QED) is 0.848. The Hall–Kier alpha value is -2.00. The Balaban J connectivity index is 2.11. The molecule has 3 nitrogen and oxygen atoms in total. The Bertz CT molecular complexity index is 464. The molecule has 0 aliphatic heterocycles. The normalized spacial score (nSPS) is 10.1. The Morgan fingerprint density at radius 1 is 1.00 bits per heavy atom. The van der Waals surface area contributed by atoms with Crippen LogP contribution in [0.3, 0.4) is 0 Å². The zero-order valence-corrected chi connectivity index (χ0v) is 10.4. The second-order valence-corrected chi connectivity index (χ2v) is 3.98. The first-order chi connectivity index (χ1) is 8.85. The molecule has 3 heteroatoms. The monoisotopic (exact) mass is 243 g/mol. The highest BCUT2D eigenvalue weighted by molar-refractivity contribution is 5.51. The molecule has 2 rings (SSSR count). The van der Waals surface area contributed by atoms with E-state index < -0.39 is 0 Å². The fourth-order valence-corrected chi connectivity index (χ4v) is 1.87. The van der Waals surface area contributed by atoms with E-state index in [2.05, 4.69) is 5.32 Å². The molecule has 0 saturated carbocycles. The number of methoxy groups -OCH3 is 1. The number of nitrogens with one attached hydrogen (secondary N) is 1. The van der Waals surface area contributed by atoms with Crippen LogP contribution >= 0.6 is 0 Å². The van der Waals surface area contributed by atoms with E-state index in [0.29, 0.717) is 6.54 Å². The molecule has 0 bridgehead atoms. The van der Waals surface area contributed by atoms with Gasteiger partial charge in [0.15, 0.2) is 0 Å². The average Bonchev–Trinajstić information content (AvgIpc) is 2.45. The molecular formula is C15H17NO2. The van der Waals surface area contributed by atoms with Crippen LogP contribution in [0.4, 0.5) is 5.69 Å². The Labute approximate surface area is 107 Å². The van der Waals surface area contributed by atoms with Crippen molar-refractivity contribution in [3.63, 3.8) is 0 Å². The van der Waals surface area contributed by atoms with E-state index in [1.54, 1.807) is 7.11 Å². The van der Waals surface area contributed by atoms with Gasteiger partial charge in [0.05, 0.1) is 13.7 Å². The molecule has 94 valence electrons. The van der Waals surface area contributed by atoms with E-state index in [-0.39, 0.29) is 6.61 Å². The lowest BCUT2D eigenvalue weighted by Gasteiger charge is -2.12. The van der Waals surface area contributed by atoms with Gasteiger partial charge in [-0.15, -0.1) is 0 Å². The molecule has 0 radical (unpaired) electrons. The molecule has 2 aromatic rings. The summed E-state index contributed by atoms with van der Waals surface area (Å²) in [6, 6.07) is 15.6. The van der Waals surface area contributed by atoms with Gasteiger partial charge in [0.2, 0.25) is 0 Å². The lowest BCUT2D eigenvalue weighted by atomic mass is 10.1. The number of aliphatic hydroxyl groups is 1. The van der Waals surface area contributed by atoms with Gasteiger partial charge in [-0.05, 0) is 12.1 Å². The topological polar surface area (TPSA) is 41.5 Å². The zero-order chi connectivity index (χ0) is 12.8. The third kappa shape index (κ3) is 2.81. The Morgan fingerprint density at radius 3 is 2.39 bits per heavy atom. The predicted octanol–water partition coefficient (Wildman–Crippen LogP) is 2.80. The lowest BCUT2D eigenvalue weighted by molar-refractivity contribution is 0.282. The van der Waals surface area contributed by atoms with Crippen molar-refractivity contribution in [2.75, 3.05) is 12.4 Å². The maximum absolute atomic E-state index is 9.25. The molecule has 0 fully saturated rings. The van der Waals surface area contributed by atoms with Gasteiger partial charge >= 0.3 is 0 Å². The Morgan fingerprint density at radius 2 is 1.67 bits per heavy atom. The highest BCUT2D eigenvalue weighted by Crippen LogP contribution is 2.20. The van der Waals surface area contributed by atoms with Gasteiger partial charge in [-0.2, -0.15) is 0 Å². The second kappa shape index (κ2) is 6.07. The third-order valence-electron chi connectivity index (χ3n) is 2.85. The van der Waals surface area contributed by atoms with Gasteiger partial charge < -0.3 is 15.2 Å². The first-order valence-corrected chi connectivity index (χ1v) is 5.89. The number of rotatable bonds is 5. The van der Waals surface area contributed by atoms with Gasteiger partial charge in [0, 0.05) is 23.4 Å². The number of ether oxygens (including phenoxy) is 1. The number of hydrogen-bond acceptors (Lipinski definition) is 3. The fourth-order valence-electron chi connectivity index (χ4n) is 1.87. The van der Waals surface area contributed by atoms with Gasteiger partial charge in [0.1, 0.15) is 5.75 Å². The van der Waals surface area contributed by atoms with Gasteiger partial charge in [-0.25, -0.2) is 0 Å². The average molecular weight is 243 g/mol. The van der Waals surface area contributed by atoms with Crippen LogP contribution in [0.1, 0.15) is 11.1 Å². The van der Waals surface area contributed by atoms with Crippen LogP contribution < -0.4 is 10.1 Å². The number of para-hydroxylation sites is 2. The minimum absolute atomic E-state index is 0.0368. The van der Waals surface area contributed by atoms with E-state index in [9.17, 15) is 5.11 Å². The highest BCUT2D eigenvalue weighted by atomic mass is 16.5. The summed E-state index contributed by atoms with van der Waals surface area (Å²) in [5, 5.41) is 12.6. The molecule has 2 aromatic carbocycles. The summed E-state index contributed by atoms with van der Waals surface area (Å²) < 4.78 is 5.30. The van der Waals surface area contributed by atoms with E-state index in [1.165, 1.54) is 0 Å². The van der Waals surface area contributed by atoms with Crippen molar-refractivity contribution in [2.45, 2.75) is 13.2 Å². The second-order valence-electron chi connectivity index (χ2n) is 3.98. The third-order valence-corrected chi connectivity index (χ3v) is 2.85. The van der Waals surface area contributed by atoms with Crippen LogP contribution in [-0.4, -0.2) is 12.2 Å². The van der Waals surface area contributed by atoms with E-state index >= 15 is 0 Å². The van der Waals surface area contributed by atoms with Crippen LogP contribution in [0.5, 0.6) is 5.75 Å². The molecule has 0 heterocycles. The summed E-state index contributed by atoms with van der Waals surface area (Å²) in [4.78, 5) is 0. The molecule has 0 amide bonds. The largest absolute Gasteiger partial charge is 0.496 e. The van der Waals surface area contributed by atoms with Gasteiger partial charge in [-0.3, -0.25) is 0 Å². The number of benzene rings is 2. The van der Waals surface area contributed by atoms with Gasteiger partial charge in [0.25, 0.3) is 0 Å². The number of hydrogen-bond donors (Lipinski definition) is 2. The molecular weight excluding hydrogens is 226 g/mol. The van der Waals surface area contributed by atoms with Crippen molar-refractivity contribution in [1.29, 1.82) is 0 Å². The summed E-state index contributed by atoms with van der Waals surface area (Å²) in [5.41, 5.74) is 2.94. The van der Waals surface area contributed by atoms with Crippen LogP contribution in [-0.2, 0) is 13.2 Å². The molecule has 0 aliphatic rings. The molecule has 18 heavy (non-hydrogen) atoms. The van der Waals surface area contributed by atoms with Gasteiger partial charge in [-0.1, -0.05) is 36.4 Å². The van der Waals surface area contributed by atoms with Crippen LogP contribution in [0.15, 0.2) is 48.5 Å². The van der Waals surface area contributed by atoms with Crippen molar-refractivity contribution in [1.82, 2.24) is 0 Å². The molecule has 0 aromatic heterocycles. The maximum atomic E-state index is 9.25. The first-order valence-electron chi connectivity index (χ1n) is 5.89. The smallest absolute Gasteiger partial charge is 0.123 e. The Kier molecular flexibility index (Phi) is 4.20. The molecule has 0 unspecified atom stereocenters. The minimum Gasteiger partial charge on any atom is -0.496 e. The van der Waals surface area contributed by atoms with Crippen LogP contribution in [0.25, 0.3) is 0 Å². The molecule has 0 atom stereocenters. The van der Waals surface area contributed by atoms with Crippen LogP contribution in [0, 0.1) is 0 Å². The fraction of sp³-hybridized carbons (Fsp3) is 0.200.